The highest BCUT2D eigenvalue weighted by atomic mass is 16.5. The van der Waals surface area contributed by atoms with Crippen molar-refractivity contribution in [2.24, 2.45) is 0 Å². The van der Waals surface area contributed by atoms with E-state index in [0.717, 1.165) is 23.4 Å². The van der Waals surface area contributed by atoms with Crippen molar-refractivity contribution in [3.8, 4) is 6.01 Å². The van der Waals surface area contributed by atoms with E-state index in [1.807, 2.05) is 31.2 Å². The van der Waals surface area contributed by atoms with E-state index in [0.29, 0.717) is 39.0 Å². The number of carboxylic acid groups (broad SMARTS) is 1. The van der Waals surface area contributed by atoms with Crippen molar-refractivity contribution >= 4 is 17.3 Å². The lowest BCUT2D eigenvalue weighted by atomic mass is 9.92. The summed E-state index contributed by atoms with van der Waals surface area (Å²) in [5.41, 5.74) is 2.12. The molecule has 0 amide bonds. The normalized spacial score (nSPS) is 19.4. The highest BCUT2D eigenvalue weighted by Gasteiger charge is 2.40. The smallest absolute Gasteiger partial charge is 0.316 e. The minimum atomic E-state index is -0.852. The highest BCUT2D eigenvalue weighted by molar-refractivity contribution is 5.70. The first kappa shape index (κ1) is 23.7. The first-order valence-corrected chi connectivity index (χ1v) is 10.9. The Labute approximate surface area is 188 Å². The number of aliphatic carboxylic acids is 1. The lowest BCUT2D eigenvalue weighted by Crippen LogP contribution is -2.62. The average Bonchev–Trinajstić information content (AvgIpc) is 2.80. The second-order valence-corrected chi connectivity index (χ2v) is 7.71. The molecule has 1 aliphatic rings. The summed E-state index contributed by atoms with van der Waals surface area (Å²) >= 11 is 0. The Morgan fingerprint density at radius 2 is 2.06 bits per heavy atom. The Kier molecular flexibility index (Phi) is 8.24. The number of rotatable bonds is 11. The van der Waals surface area contributed by atoms with Gasteiger partial charge in [0.25, 0.3) is 0 Å². The Morgan fingerprint density at radius 1 is 1.31 bits per heavy atom. The van der Waals surface area contributed by atoms with E-state index in [-0.39, 0.29) is 12.3 Å². The molecule has 0 radical (unpaired) electrons. The average molecular weight is 445 g/mol. The number of benzene rings is 1. The van der Waals surface area contributed by atoms with Gasteiger partial charge in [-0.05, 0) is 25.0 Å². The first-order chi connectivity index (χ1) is 15.5. The van der Waals surface area contributed by atoms with Crippen molar-refractivity contribution in [1.82, 2.24) is 9.97 Å². The third-order valence-electron chi connectivity index (χ3n) is 5.64. The maximum Gasteiger partial charge on any atom is 0.316 e. The summed E-state index contributed by atoms with van der Waals surface area (Å²) in [6, 6.07) is 8.26. The highest BCUT2D eigenvalue weighted by Crippen LogP contribution is 2.37. The number of nitrogens with zero attached hydrogens (tertiary/aromatic N) is 3. The Morgan fingerprint density at radius 3 is 2.72 bits per heavy atom. The van der Waals surface area contributed by atoms with Crippen LogP contribution in [0.25, 0.3) is 0 Å². The molecule has 1 aromatic carbocycles. The van der Waals surface area contributed by atoms with Crippen LogP contribution in [0.3, 0.4) is 0 Å². The second-order valence-electron chi connectivity index (χ2n) is 7.71. The SMILES string of the molecule is CCOc1ncc(NC2(CC)COCCN2c2ccccc2[C@H](COC)CC(=O)O)cn1. The predicted octanol–water partition coefficient (Wildman–Crippen LogP) is 3.14. The van der Waals surface area contributed by atoms with Crippen LogP contribution in [-0.2, 0) is 14.3 Å². The summed E-state index contributed by atoms with van der Waals surface area (Å²) in [6.45, 7) is 6.50. The second kappa shape index (κ2) is 11.1. The summed E-state index contributed by atoms with van der Waals surface area (Å²) < 4.78 is 16.6. The standard InChI is InChI=1S/C23H32N4O5/c1-4-23(26-18-13-24-22(25-14-18)32-5-2)16-31-11-10-27(23)20-9-7-6-8-19(20)17(15-30-3)12-21(28)29/h6-9,13-14,17,26H,4-5,10-12,15-16H2,1-3H3,(H,28,29)/t17-,23?/m0/s1. The fraction of sp³-hybridized carbons (Fsp3) is 0.522. The summed E-state index contributed by atoms with van der Waals surface area (Å²) in [6.07, 6.45) is 4.13. The van der Waals surface area contributed by atoms with Gasteiger partial charge in [0.2, 0.25) is 0 Å². The zero-order valence-corrected chi connectivity index (χ0v) is 18.9. The van der Waals surface area contributed by atoms with Gasteiger partial charge in [-0.2, -0.15) is 0 Å². The number of nitrogens with one attached hydrogen (secondary N) is 1. The largest absolute Gasteiger partial charge is 0.481 e. The minimum Gasteiger partial charge on any atom is -0.481 e. The molecule has 32 heavy (non-hydrogen) atoms. The molecular weight excluding hydrogens is 412 g/mol. The van der Waals surface area contributed by atoms with Gasteiger partial charge < -0.3 is 29.5 Å². The lowest BCUT2D eigenvalue weighted by Gasteiger charge is -2.49. The molecule has 2 aromatic rings. The van der Waals surface area contributed by atoms with Gasteiger partial charge in [0.1, 0.15) is 5.66 Å². The third-order valence-corrected chi connectivity index (χ3v) is 5.64. The van der Waals surface area contributed by atoms with E-state index in [1.165, 1.54) is 0 Å². The lowest BCUT2D eigenvalue weighted by molar-refractivity contribution is -0.137. The molecule has 9 nitrogen and oxygen atoms in total. The van der Waals surface area contributed by atoms with Crippen LogP contribution in [0.4, 0.5) is 11.4 Å². The number of hydrogen-bond acceptors (Lipinski definition) is 8. The zero-order valence-electron chi connectivity index (χ0n) is 18.9. The topological polar surface area (TPSA) is 106 Å². The molecule has 1 saturated heterocycles. The van der Waals surface area contributed by atoms with Crippen molar-refractivity contribution < 1.29 is 24.1 Å². The van der Waals surface area contributed by atoms with E-state index < -0.39 is 11.6 Å². The van der Waals surface area contributed by atoms with Gasteiger partial charge in [0, 0.05) is 25.3 Å². The van der Waals surface area contributed by atoms with Gasteiger partial charge in [0.05, 0.1) is 50.9 Å². The monoisotopic (exact) mass is 444 g/mol. The van der Waals surface area contributed by atoms with E-state index in [4.69, 9.17) is 14.2 Å². The summed E-state index contributed by atoms with van der Waals surface area (Å²) in [7, 11) is 1.59. The van der Waals surface area contributed by atoms with Crippen LogP contribution in [0.5, 0.6) is 6.01 Å². The number of carboxylic acids is 1. The molecule has 2 atom stereocenters. The number of morpholine rings is 1. The van der Waals surface area contributed by atoms with Gasteiger partial charge in [-0.3, -0.25) is 4.79 Å². The van der Waals surface area contributed by atoms with Crippen molar-refractivity contribution in [3.63, 3.8) is 0 Å². The number of methoxy groups -OCH3 is 1. The Bertz CT molecular complexity index is 879. The van der Waals surface area contributed by atoms with Crippen LogP contribution < -0.4 is 15.0 Å². The summed E-state index contributed by atoms with van der Waals surface area (Å²) in [5.74, 6) is -1.12. The van der Waals surface area contributed by atoms with Crippen LogP contribution in [-0.4, -0.2) is 66.8 Å². The van der Waals surface area contributed by atoms with Crippen LogP contribution in [0.2, 0.25) is 0 Å². The number of ether oxygens (including phenoxy) is 3. The number of carbonyl (C=O) groups is 1. The van der Waals surface area contributed by atoms with Crippen LogP contribution >= 0.6 is 0 Å². The molecule has 0 bridgehead atoms. The maximum absolute atomic E-state index is 11.5. The predicted molar refractivity (Wildman–Crippen MR) is 121 cm³/mol. The molecule has 174 valence electrons. The molecule has 1 fully saturated rings. The Hall–Kier alpha value is -2.91. The molecular formula is C23H32N4O5. The maximum atomic E-state index is 11.5. The number of aromatic nitrogens is 2. The van der Waals surface area contributed by atoms with Crippen molar-refractivity contribution in [3.05, 3.63) is 42.2 Å². The van der Waals surface area contributed by atoms with Crippen LogP contribution in [0, 0.1) is 0 Å². The molecule has 2 heterocycles. The van der Waals surface area contributed by atoms with Crippen molar-refractivity contribution in [2.75, 3.05) is 50.3 Å². The van der Waals surface area contributed by atoms with Crippen molar-refractivity contribution in [2.45, 2.75) is 38.3 Å². The van der Waals surface area contributed by atoms with Gasteiger partial charge in [-0.25, -0.2) is 9.97 Å². The van der Waals surface area contributed by atoms with Crippen LogP contribution in [0.1, 0.15) is 38.2 Å². The third kappa shape index (κ3) is 5.46. The molecule has 0 spiro atoms. The summed E-state index contributed by atoms with van der Waals surface area (Å²) in [5, 5.41) is 13.0. The molecule has 1 aliphatic heterocycles. The number of para-hydroxylation sites is 1. The fourth-order valence-electron chi connectivity index (χ4n) is 4.13. The van der Waals surface area contributed by atoms with E-state index in [2.05, 4.69) is 27.1 Å². The quantitative estimate of drug-likeness (QED) is 0.540. The summed E-state index contributed by atoms with van der Waals surface area (Å²) in [4.78, 5) is 22.3. The molecule has 3 rings (SSSR count). The minimum absolute atomic E-state index is 0.00548. The molecule has 0 aliphatic carbocycles. The first-order valence-electron chi connectivity index (χ1n) is 10.9. The van der Waals surface area contributed by atoms with Gasteiger partial charge in [-0.1, -0.05) is 25.1 Å². The van der Waals surface area contributed by atoms with E-state index in [1.54, 1.807) is 19.5 Å². The molecule has 1 unspecified atom stereocenters. The number of anilines is 2. The molecule has 2 N–H and O–H groups in total. The Balaban J connectivity index is 1.96. The molecule has 0 saturated carbocycles. The molecule has 1 aromatic heterocycles. The van der Waals surface area contributed by atoms with Crippen LogP contribution in [0.15, 0.2) is 36.7 Å². The van der Waals surface area contributed by atoms with E-state index >= 15 is 0 Å². The van der Waals surface area contributed by atoms with Gasteiger partial charge in [-0.15, -0.1) is 0 Å². The fourth-order valence-corrected chi connectivity index (χ4v) is 4.13. The van der Waals surface area contributed by atoms with Crippen molar-refractivity contribution in [1.29, 1.82) is 0 Å². The van der Waals surface area contributed by atoms with E-state index in [9.17, 15) is 9.90 Å². The van der Waals surface area contributed by atoms with Gasteiger partial charge in [0.15, 0.2) is 0 Å². The number of hydrogen-bond donors (Lipinski definition) is 2. The molecule has 9 heteroatoms. The zero-order chi connectivity index (χ0) is 23.0. The van der Waals surface area contributed by atoms with Gasteiger partial charge >= 0.3 is 12.0 Å².